The minimum atomic E-state index is -4.45. The molecule has 0 N–H and O–H groups in total. The second kappa shape index (κ2) is 4.97. The summed E-state index contributed by atoms with van der Waals surface area (Å²) in [6, 6.07) is 9.68. The molecule has 2 nitrogen and oxygen atoms in total. The summed E-state index contributed by atoms with van der Waals surface area (Å²) >= 11 is 1.56. The molecule has 1 aromatic carbocycles. The maximum absolute atomic E-state index is 12.3. The Kier molecular flexibility index (Phi) is 3.56. The Morgan fingerprint density at radius 3 is 2.39 bits per heavy atom. The van der Waals surface area contributed by atoms with Crippen molar-refractivity contribution in [2.24, 2.45) is 0 Å². The van der Waals surface area contributed by atoms with Gasteiger partial charge in [0, 0.05) is 10.5 Å². The first-order valence-electron chi connectivity index (χ1n) is 5.06. The van der Waals surface area contributed by atoms with Crippen LogP contribution in [0.4, 0.5) is 13.2 Å². The van der Waals surface area contributed by atoms with E-state index in [0.717, 1.165) is 16.5 Å². The molecule has 1 aromatic heterocycles. The number of benzene rings is 1. The van der Waals surface area contributed by atoms with Crippen molar-refractivity contribution in [3.8, 4) is 11.3 Å². The lowest BCUT2D eigenvalue weighted by atomic mass is 10.1. The Bertz CT molecular complexity index is 538. The van der Waals surface area contributed by atoms with Crippen LogP contribution in [0.2, 0.25) is 0 Å². The van der Waals surface area contributed by atoms with Gasteiger partial charge in [0.15, 0.2) is 5.69 Å². The van der Waals surface area contributed by atoms with Gasteiger partial charge in [-0.1, -0.05) is 12.1 Å². The van der Waals surface area contributed by atoms with E-state index in [0.29, 0.717) is 5.69 Å². The van der Waals surface area contributed by atoms with Gasteiger partial charge in [-0.05, 0) is 30.5 Å². The molecule has 0 saturated carbocycles. The van der Waals surface area contributed by atoms with Crippen molar-refractivity contribution in [1.29, 1.82) is 0 Å². The summed E-state index contributed by atoms with van der Waals surface area (Å²) in [7, 11) is 0. The van der Waals surface area contributed by atoms with Crippen LogP contribution in [0.1, 0.15) is 5.69 Å². The molecule has 0 saturated heterocycles. The first-order valence-corrected chi connectivity index (χ1v) is 6.28. The van der Waals surface area contributed by atoms with Gasteiger partial charge in [-0.2, -0.15) is 13.2 Å². The first-order chi connectivity index (χ1) is 8.50. The number of hydrogen-bond acceptors (Lipinski definition) is 3. The Labute approximate surface area is 106 Å². The highest BCUT2D eigenvalue weighted by Gasteiger charge is 2.32. The highest BCUT2D eigenvalue weighted by molar-refractivity contribution is 7.98. The monoisotopic (exact) mass is 270 g/mol. The largest absolute Gasteiger partial charge is 0.435 e. The molecule has 1 heterocycles. The molecule has 0 spiro atoms. The summed E-state index contributed by atoms with van der Waals surface area (Å²) in [6.07, 6.45) is -2.52. The molecule has 0 fully saturated rings. The van der Waals surface area contributed by atoms with Crippen molar-refractivity contribution in [1.82, 2.24) is 10.2 Å². The van der Waals surface area contributed by atoms with Gasteiger partial charge in [-0.25, -0.2) is 0 Å². The highest BCUT2D eigenvalue weighted by atomic mass is 32.2. The minimum Gasteiger partial charge on any atom is -0.164 e. The van der Waals surface area contributed by atoms with Gasteiger partial charge in [0.1, 0.15) is 0 Å². The molecule has 0 aliphatic rings. The van der Waals surface area contributed by atoms with Crippen LogP contribution in [0.25, 0.3) is 11.3 Å². The summed E-state index contributed by atoms with van der Waals surface area (Å²) in [4.78, 5) is 1.02. The number of thioether (sulfide) groups is 1. The Morgan fingerprint density at radius 1 is 1.06 bits per heavy atom. The Hall–Kier alpha value is -1.56. The summed E-state index contributed by atoms with van der Waals surface area (Å²) in [5, 5.41) is 6.81. The molecule has 2 rings (SSSR count). The summed E-state index contributed by atoms with van der Waals surface area (Å²) in [5.74, 6) is 0. The normalized spacial score (nSPS) is 11.6. The van der Waals surface area contributed by atoms with Crippen LogP contribution in [0.5, 0.6) is 0 Å². The predicted molar refractivity (Wildman–Crippen MR) is 64.3 cm³/mol. The number of halogens is 3. The van der Waals surface area contributed by atoms with E-state index in [1.54, 1.807) is 17.8 Å². The molecule has 0 atom stereocenters. The zero-order valence-corrected chi connectivity index (χ0v) is 10.2. The van der Waals surface area contributed by atoms with E-state index in [9.17, 15) is 13.2 Å². The second-order valence-corrected chi connectivity index (χ2v) is 4.41. The number of rotatable bonds is 2. The molecule has 0 aliphatic heterocycles. The van der Waals surface area contributed by atoms with Crippen molar-refractivity contribution < 1.29 is 13.2 Å². The molecule has 18 heavy (non-hydrogen) atoms. The zero-order chi connectivity index (χ0) is 13.2. The smallest absolute Gasteiger partial charge is 0.164 e. The van der Waals surface area contributed by atoms with E-state index in [1.165, 1.54) is 6.07 Å². The van der Waals surface area contributed by atoms with Crippen LogP contribution >= 0.6 is 11.8 Å². The van der Waals surface area contributed by atoms with Crippen LogP contribution in [0.3, 0.4) is 0 Å². The molecule has 0 unspecified atom stereocenters. The van der Waals surface area contributed by atoms with Crippen LogP contribution in [0, 0.1) is 0 Å². The van der Waals surface area contributed by atoms with E-state index in [2.05, 4.69) is 10.2 Å². The van der Waals surface area contributed by atoms with Crippen molar-refractivity contribution >= 4 is 11.8 Å². The highest BCUT2D eigenvalue weighted by Crippen LogP contribution is 2.28. The van der Waals surface area contributed by atoms with E-state index in [4.69, 9.17) is 0 Å². The molecule has 2 aromatic rings. The van der Waals surface area contributed by atoms with Gasteiger partial charge in [-0.15, -0.1) is 22.0 Å². The van der Waals surface area contributed by atoms with E-state index < -0.39 is 11.9 Å². The third-order valence-electron chi connectivity index (χ3n) is 2.32. The Morgan fingerprint density at radius 2 is 1.83 bits per heavy atom. The Balaban J connectivity index is 2.34. The van der Waals surface area contributed by atoms with Crippen LogP contribution in [0.15, 0.2) is 41.3 Å². The van der Waals surface area contributed by atoms with Gasteiger partial charge >= 0.3 is 6.18 Å². The number of nitrogens with zero attached hydrogens (tertiary/aromatic N) is 2. The third kappa shape index (κ3) is 2.81. The van der Waals surface area contributed by atoms with Crippen LogP contribution < -0.4 is 0 Å². The zero-order valence-electron chi connectivity index (χ0n) is 9.40. The number of alkyl halides is 3. The van der Waals surface area contributed by atoms with Gasteiger partial charge in [0.05, 0.1) is 5.69 Å². The topological polar surface area (TPSA) is 25.8 Å². The maximum atomic E-state index is 12.3. The summed E-state index contributed by atoms with van der Waals surface area (Å²) in [5.41, 5.74) is 0.203. The molecule has 0 amide bonds. The van der Waals surface area contributed by atoms with E-state index in [-0.39, 0.29) is 0 Å². The van der Waals surface area contributed by atoms with Crippen molar-refractivity contribution in [3.05, 3.63) is 42.1 Å². The van der Waals surface area contributed by atoms with E-state index in [1.807, 2.05) is 24.5 Å². The standard InChI is InChI=1S/C12H9F3N2S/c1-18-9-4-2-3-8(7-9)10-5-6-11(17-16-10)12(13,14)15/h2-7H,1H3. The SMILES string of the molecule is CSc1cccc(-c2ccc(C(F)(F)F)nn2)c1. The van der Waals surface area contributed by atoms with Crippen LogP contribution in [-0.2, 0) is 6.18 Å². The predicted octanol–water partition coefficient (Wildman–Crippen LogP) is 3.88. The number of aromatic nitrogens is 2. The number of hydrogen-bond donors (Lipinski definition) is 0. The lowest BCUT2D eigenvalue weighted by Crippen LogP contribution is -2.08. The average molecular weight is 270 g/mol. The molecule has 0 aliphatic carbocycles. The minimum absolute atomic E-state index is 0.430. The quantitative estimate of drug-likeness (QED) is 0.774. The molecular formula is C12H9F3N2S. The third-order valence-corrected chi connectivity index (χ3v) is 3.05. The fourth-order valence-corrected chi connectivity index (χ4v) is 1.88. The fraction of sp³-hybridized carbons (Fsp3) is 0.167. The second-order valence-electron chi connectivity index (χ2n) is 3.53. The molecule has 0 bridgehead atoms. The fourth-order valence-electron chi connectivity index (χ4n) is 1.42. The lowest BCUT2D eigenvalue weighted by Gasteiger charge is -2.06. The van der Waals surface area contributed by atoms with Gasteiger partial charge < -0.3 is 0 Å². The molecule has 6 heteroatoms. The molecule has 94 valence electrons. The van der Waals surface area contributed by atoms with Crippen molar-refractivity contribution in [2.75, 3.05) is 6.26 Å². The van der Waals surface area contributed by atoms with Crippen LogP contribution in [-0.4, -0.2) is 16.5 Å². The summed E-state index contributed by atoms with van der Waals surface area (Å²) < 4.78 is 37.0. The molecule has 0 radical (unpaired) electrons. The molecular weight excluding hydrogens is 261 g/mol. The van der Waals surface area contributed by atoms with Gasteiger partial charge in [0.25, 0.3) is 0 Å². The van der Waals surface area contributed by atoms with Crippen molar-refractivity contribution in [3.63, 3.8) is 0 Å². The van der Waals surface area contributed by atoms with E-state index >= 15 is 0 Å². The van der Waals surface area contributed by atoms with Gasteiger partial charge in [0.2, 0.25) is 0 Å². The maximum Gasteiger partial charge on any atom is 0.435 e. The van der Waals surface area contributed by atoms with Crippen molar-refractivity contribution in [2.45, 2.75) is 11.1 Å². The lowest BCUT2D eigenvalue weighted by molar-refractivity contribution is -0.141. The first kappa shape index (κ1) is 12.9. The average Bonchev–Trinajstić information content (AvgIpc) is 2.38. The summed E-state index contributed by atoms with van der Waals surface area (Å²) in [6.45, 7) is 0. The van der Waals surface area contributed by atoms with Gasteiger partial charge in [-0.3, -0.25) is 0 Å².